The number of nitrogens with zero attached hydrogens (tertiary/aromatic N) is 2. The number of hydrogen-bond donors (Lipinski definition) is 3. The van der Waals surface area contributed by atoms with Crippen LogP contribution in [0.2, 0.25) is 0 Å². The number of amides is 2. The van der Waals surface area contributed by atoms with Crippen molar-refractivity contribution in [3.8, 4) is 0 Å². The highest BCUT2D eigenvalue weighted by atomic mass is 32.2. The van der Waals surface area contributed by atoms with Crippen molar-refractivity contribution in [2.75, 3.05) is 13.1 Å². The molecule has 2 unspecified atom stereocenters. The molecule has 204 valence electrons. The highest BCUT2D eigenvalue weighted by Crippen LogP contribution is 2.25. The molecule has 1 aliphatic heterocycles. The molecule has 0 spiro atoms. The van der Waals surface area contributed by atoms with E-state index in [2.05, 4.69) is 15.6 Å². The Morgan fingerprint density at radius 1 is 1.18 bits per heavy atom. The summed E-state index contributed by atoms with van der Waals surface area (Å²) in [5, 5.41) is 17.3. The summed E-state index contributed by atoms with van der Waals surface area (Å²) in [6.07, 6.45) is 1.47. The molecule has 1 saturated heterocycles. The van der Waals surface area contributed by atoms with Gasteiger partial charge in [-0.3, -0.25) is 9.59 Å². The Balaban J connectivity index is 1.45. The Kier molecular flexibility index (Phi) is 8.49. The van der Waals surface area contributed by atoms with Crippen LogP contribution in [-0.4, -0.2) is 65.9 Å². The van der Waals surface area contributed by atoms with E-state index in [9.17, 15) is 23.1 Å². The van der Waals surface area contributed by atoms with Crippen LogP contribution in [0.5, 0.6) is 0 Å². The third-order valence-electron chi connectivity index (χ3n) is 6.73. The number of aromatic nitrogens is 1. The van der Waals surface area contributed by atoms with E-state index < -0.39 is 40.0 Å². The highest BCUT2D eigenvalue weighted by Gasteiger charge is 2.35. The van der Waals surface area contributed by atoms with Crippen LogP contribution in [-0.2, 0) is 14.8 Å². The Bertz CT molecular complexity index is 1390. The van der Waals surface area contributed by atoms with Crippen molar-refractivity contribution < 1.29 is 27.5 Å². The third-order valence-corrected chi connectivity index (χ3v) is 8.51. The molecule has 0 radical (unpaired) electrons. The average molecular weight is 543 g/mol. The minimum absolute atomic E-state index is 0.0877. The largest absolute Gasteiger partial charge is 0.451 e. The topological polar surface area (TPSA) is 142 Å². The molecule has 3 aromatic rings. The molecule has 0 saturated carbocycles. The zero-order chi connectivity index (χ0) is 27.4. The number of carbonyl (C=O) groups excluding carboxylic acids is 2. The van der Waals surface area contributed by atoms with Crippen LogP contribution in [0.1, 0.15) is 49.2 Å². The number of carbonyl (C=O) groups is 2. The summed E-state index contributed by atoms with van der Waals surface area (Å²) in [5.41, 5.74) is 1.28. The second kappa shape index (κ2) is 11.6. The van der Waals surface area contributed by atoms with E-state index in [1.54, 1.807) is 25.1 Å². The van der Waals surface area contributed by atoms with Crippen LogP contribution in [0.3, 0.4) is 0 Å². The summed E-state index contributed by atoms with van der Waals surface area (Å²) in [4.78, 5) is 30.4. The number of para-hydroxylation sites is 1. The van der Waals surface area contributed by atoms with Gasteiger partial charge in [-0.25, -0.2) is 13.4 Å². The SMILES string of the molecule is Cc1c(C(=O)NC(CC(C)C)C(=O)NC2CCCN(S(=O)(=O)c3ccccn3)C[C@@H]2O)oc2ccccc12. The zero-order valence-corrected chi connectivity index (χ0v) is 22.6. The van der Waals surface area contributed by atoms with Crippen molar-refractivity contribution in [1.82, 2.24) is 19.9 Å². The smallest absolute Gasteiger partial charge is 0.287 e. The maximum absolute atomic E-state index is 13.3. The van der Waals surface area contributed by atoms with Crippen LogP contribution in [0.25, 0.3) is 11.0 Å². The standard InChI is InChI=1S/C27H34N4O6S/c1-17(2)15-21(30-27(34)25-18(3)19-9-4-5-11-23(19)37-25)26(33)29-20-10-8-14-31(16-22(20)32)38(35,36)24-12-6-7-13-28-24/h4-7,9,11-13,17,20-22,32H,8,10,14-16H2,1-3H3,(H,29,33)(H,30,34)/t20?,21?,22-/m0/s1. The molecule has 2 aromatic heterocycles. The maximum atomic E-state index is 13.3. The summed E-state index contributed by atoms with van der Waals surface area (Å²) in [7, 11) is -3.88. The second-order valence-electron chi connectivity index (χ2n) is 10.1. The summed E-state index contributed by atoms with van der Waals surface area (Å²) in [6, 6.07) is 10.4. The van der Waals surface area contributed by atoms with Crippen molar-refractivity contribution in [1.29, 1.82) is 0 Å². The van der Waals surface area contributed by atoms with Crippen molar-refractivity contribution in [2.24, 2.45) is 5.92 Å². The molecule has 3 N–H and O–H groups in total. The minimum atomic E-state index is -3.88. The first-order valence-corrected chi connectivity index (χ1v) is 14.2. The van der Waals surface area contributed by atoms with Gasteiger partial charge in [0.1, 0.15) is 11.6 Å². The molecule has 1 aromatic carbocycles. The number of fused-ring (bicyclic) bond motifs is 1. The van der Waals surface area contributed by atoms with Gasteiger partial charge in [-0.05, 0) is 50.3 Å². The fraction of sp³-hybridized carbons (Fsp3) is 0.444. The normalized spacial score (nSPS) is 19.7. The van der Waals surface area contributed by atoms with E-state index in [0.29, 0.717) is 30.4 Å². The highest BCUT2D eigenvalue weighted by molar-refractivity contribution is 7.89. The van der Waals surface area contributed by atoms with Crippen molar-refractivity contribution in [2.45, 2.75) is 63.2 Å². The van der Waals surface area contributed by atoms with Crippen LogP contribution in [0.15, 0.2) is 58.1 Å². The monoisotopic (exact) mass is 542 g/mol. The van der Waals surface area contributed by atoms with Gasteiger partial charge in [-0.2, -0.15) is 4.31 Å². The Morgan fingerprint density at radius 2 is 1.92 bits per heavy atom. The lowest BCUT2D eigenvalue weighted by Gasteiger charge is -2.27. The fourth-order valence-corrected chi connectivity index (χ4v) is 6.15. The number of aliphatic hydroxyl groups is 1. The number of sulfonamides is 1. The zero-order valence-electron chi connectivity index (χ0n) is 21.8. The first-order chi connectivity index (χ1) is 18.1. The number of benzene rings is 1. The molecule has 1 aliphatic rings. The summed E-state index contributed by atoms with van der Waals surface area (Å²) in [6.45, 7) is 5.70. The molecule has 4 rings (SSSR count). The van der Waals surface area contributed by atoms with Crippen molar-refractivity contribution in [3.05, 3.63) is 60.0 Å². The maximum Gasteiger partial charge on any atom is 0.287 e. The van der Waals surface area contributed by atoms with Crippen LogP contribution in [0.4, 0.5) is 0 Å². The Labute approximate surface area is 222 Å². The number of hydrogen-bond acceptors (Lipinski definition) is 7. The first-order valence-electron chi connectivity index (χ1n) is 12.8. The van der Waals surface area contributed by atoms with Gasteiger partial charge in [0.2, 0.25) is 5.91 Å². The summed E-state index contributed by atoms with van der Waals surface area (Å²) in [5.74, 6) is -0.682. The van der Waals surface area contributed by atoms with Gasteiger partial charge < -0.3 is 20.2 Å². The molecule has 38 heavy (non-hydrogen) atoms. The molecule has 0 bridgehead atoms. The van der Waals surface area contributed by atoms with Crippen LogP contribution in [0, 0.1) is 12.8 Å². The van der Waals surface area contributed by atoms with E-state index in [1.807, 2.05) is 32.0 Å². The lowest BCUT2D eigenvalue weighted by atomic mass is 10.0. The number of nitrogens with one attached hydrogen (secondary N) is 2. The molecule has 1 fully saturated rings. The van der Waals surface area contributed by atoms with Gasteiger partial charge in [0.05, 0.1) is 12.1 Å². The van der Waals surface area contributed by atoms with Gasteiger partial charge in [-0.1, -0.05) is 38.1 Å². The van der Waals surface area contributed by atoms with Crippen molar-refractivity contribution in [3.63, 3.8) is 0 Å². The predicted molar refractivity (Wildman–Crippen MR) is 142 cm³/mol. The lowest BCUT2D eigenvalue weighted by molar-refractivity contribution is -0.125. The lowest BCUT2D eigenvalue weighted by Crippen LogP contribution is -2.54. The molecule has 3 atom stereocenters. The average Bonchev–Trinajstić information content (AvgIpc) is 3.11. The molecular formula is C27H34N4O6S. The van der Waals surface area contributed by atoms with Crippen LogP contribution >= 0.6 is 0 Å². The summed E-state index contributed by atoms with van der Waals surface area (Å²) < 4.78 is 33.0. The van der Waals surface area contributed by atoms with Gasteiger partial charge in [-0.15, -0.1) is 0 Å². The number of pyridine rings is 1. The molecule has 10 nitrogen and oxygen atoms in total. The van der Waals surface area contributed by atoms with Gasteiger partial charge >= 0.3 is 0 Å². The first kappa shape index (κ1) is 27.7. The minimum Gasteiger partial charge on any atom is -0.451 e. The molecule has 11 heteroatoms. The van der Waals surface area contributed by atoms with Gasteiger partial charge in [0, 0.05) is 30.2 Å². The molecule has 0 aliphatic carbocycles. The number of β-amino-alcohol motifs (C(OH)–C–C–N with tert-alkyl or cyclic N) is 1. The van der Waals surface area contributed by atoms with Gasteiger partial charge in [0.15, 0.2) is 10.8 Å². The number of rotatable bonds is 8. The van der Waals surface area contributed by atoms with E-state index in [1.165, 1.54) is 16.6 Å². The van der Waals surface area contributed by atoms with E-state index in [4.69, 9.17) is 4.42 Å². The third kappa shape index (κ3) is 6.06. The molecule has 2 amide bonds. The van der Waals surface area contributed by atoms with Crippen molar-refractivity contribution >= 4 is 32.8 Å². The number of furan rings is 1. The predicted octanol–water partition coefficient (Wildman–Crippen LogP) is 2.61. The summed E-state index contributed by atoms with van der Waals surface area (Å²) >= 11 is 0. The number of aryl methyl sites for hydroxylation is 1. The second-order valence-corrected chi connectivity index (χ2v) is 11.9. The van der Waals surface area contributed by atoms with Gasteiger partial charge in [0.25, 0.3) is 15.9 Å². The fourth-order valence-electron chi connectivity index (χ4n) is 4.73. The Morgan fingerprint density at radius 3 is 2.61 bits per heavy atom. The Hall–Kier alpha value is -3.28. The molecule has 3 heterocycles. The quantitative estimate of drug-likeness (QED) is 0.397. The van der Waals surface area contributed by atoms with E-state index >= 15 is 0 Å². The van der Waals surface area contributed by atoms with E-state index in [-0.39, 0.29) is 29.8 Å². The van der Waals surface area contributed by atoms with E-state index in [0.717, 1.165) is 5.39 Å². The van der Waals surface area contributed by atoms with Crippen LogP contribution < -0.4 is 10.6 Å². The number of aliphatic hydroxyl groups excluding tert-OH is 1. The molecular weight excluding hydrogens is 508 g/mol.